The quantitative estimate of drug-likeness (QED) is 0.412. The van der Waals surface area contributed by atoms with Gasteiger partial charge < -0.3 is 19.7 Å². The number of hydrogen-bond acceptors (Lipinski definition) is 4. The number of rotatable bonds is 12. The van der Waals surface area contributed by atoms with Gasteiger partial charge in [0.2, 0.25) is 11.8 Å². The highest BCUT2D eigenvalue weighted by atomic mass is 16.5. The molecule has 2 aromatic rings. The van der Waals surface area contributed by atoms with Crippen LogP contribution in [0.2, 0.25) is 0 Å². The Balaban J connectivity index is 1.64. The molecule has 190 valence electrons. The van der Waals surface area contributed by atoms with E-state index in [2.05, 4.69) is 5.32 Å². The largest absolute Gasteiger partial charge is 0.497 e. The van der Waals surface area contributed by atoms with E-state index in [-0.39, 0.29) is 17.9 Å². The van der Waals surface area contributed by atoms with Crippen molar-refractivity contribution in [1.29, 1.82) is 0 Å². The van der Waals surface area contributed by atoms with Crippen molar-refractivity contribution >= 4 is 11.8 Å². The second-order valence-electron chi connectivity index (χ2n) is 9.34. The number of benzene rings is 2. The molecule has 1 aliphatic rings. The van der Waals surface area contributed by atoms with Gasteiger partial charge in [0.1, 0.15) is 17.5 Å². The van der Waals surface area contributed by atoms with E-state index in [1.807, 2.05) is 62.4 Å². The minimum atomic E-state index is -0.480. The Hall–Kier alpha value is -3.02. The van der Waals surface area contributed by atoms with Crippen molar-refractivity contribution in [3.8, 4) is 11.5 Å². The molecular formula is C29H40N2O4. The molecule has 6 nitrogen and oxygen atoms in total. The van der Waals surface area contributed by atoms with Crippen molar-refractivity contribution in [2.75, 3.05) is 13.7 Å². The van der Waals surface area contributed by atoms with E-state index in [0.29, 0.717) is 32.4 Å². The average molecular weight is 481 g/mol. The molecule has 1 atom stereocenters. The van der Waals surface area contributed by atoms with Gasteiger partial charge in [-0.15, -0.1) is 0 Å². The monoisotopic (exact) mass is 480 g/mol. The van der Waals surface area contributed by atoms with Crippen LogP contribution in [0.15, 0.2) is 48.5 Å². The second-order valence-corrected chi connectivity index (χ2v) is 9.34. The van der Waals surface area contributed by atoms with Crippen LogP contribution in [0, 0.1) is 6.92 Å². The lowest BCUT2D eigenvalue weighted by molar-refractivity contribution is -0.142. The van der Waals surface area contributed by atoms with Crippen molar-refractivity contribution in [2.45, 2.75) is 83.8 Å². The van der Waals surface area contributed by atoms with Gasteiger partial charge in [0.05, 0.1) is 13.7 Å². The number of amides is 2. The van der Waals surface area contributed by atoms with E-state index < -0.39 is 6.04 Å². The highest BCUT2D eigenvalue weighted by molar-refractivity contribution is 5.87. The minimum absolute atomic E-state index is 0.0165. The summed E-state index contributed by atoms with van der Waals surface area (Å²) in [5, 5.41) is 3.24. The Morgan fingerprint density at radius 2 is 1.71 bits per heavy atom. The van der Waals surface area contributed by atoms with Gasteiger partial charge in [-0.2, -0.15) is 0 Å². The maximum Gasteiger partial charge on any atom is 0.243 e. The molecule has 6 heteroatoms. The Labute approximate surface area is 210 Å². The molecule has 0 saturated heterocycles. The summed E-state index contributed by atoms with van der Waals surface area (Å²) in [6, 6.07) is 15.2. The second kappa shape index (κ2) is 13.8. The predicted molar refractivity (Wildman–Crippen MR) is 139 cm³/mol. The fraction of sp³-hybridized carbons (Fsp3) is 0.517. The summed E-state index contributed by atoms with van der Waals surface area (Å²) >= 11 is 0. The molecule has 1 fully saturated rings. The van der Waals surface area contributed by atoms with Gasteiger partial charge in [0.15, 0.2) is 0 Å². The first-order valence-electron chi connectivity index (χ1n) is 12.9. The van der Waals surface area contributed by atoms with Crippen LogP contribution in [0.3, 0.4) is 0 Å². The van der Waals surface area contributed by atoms with E-state index in [9.17, 15) is 9.59 Å². The summed E-state index contributed by atoms with van der Waals surface area (Å²) in [4.78, 5) is 28.5. The minimum Gasteiger partial charge on any atom is -0.497 e. The topological polar surface area (TPSA) is 67.9 Å². The first kappa shape index (κ1) is 26.6. The van der Waals surface area contributed by atoms with Crippen molar-refractivity contribution in [3.05, 3.63) is 59.7 Å². The van der Waals surface area contributed by atoms with Crippen LogP contribution in [0.4, 0.5) is 0 Å². The molecule has 0 radical (unpaired) electrons. The number of hydrogen-bond donors (Lipinski definition) is 1. The number of aryl methyl sites for hydroxylation is 1. The molecule has 3 rings (SSSR count). The lowest BCUT2D eigenvalue weighted by Gasteiger charge is -2.33. The number of carbonyl (C=O) groups is 2. The van der Waals surface area contributed by atoms with Gasteiger partial charge in [0, 0.05) is 19.0 Å². The summed E-state index contributed by atoms with van der Waals surface area (Å²) in [5.41, 5.74) is 2.19. The zero-order valence-corrected chi connectivity index (χ0v) is 21.4. The molecule has 0 heterocycles. The molecule has 0 bridgehead atoms. The molecule has 0 aliphatic heterocycles. The zero-order chi connectivity index (χ0) is 25.0. The van der Waals surface area contributed by atoms with Crippen LogP contribution < -0.4 is 14.8 Å². The highest BCUT2D eigenvalue weighted by Gasteiger charge is 2.30. The summed E-state index contributed by atoms with van der Waals surface area (Å²) in [5.74, 6) is 1.47. The molecule has 2 amide bonds. The fourth-order valence-electron chi connectivity index (χ4n) is 4.66. The lowest BCUT2D eigenvalue weighted by Crippen LogP contribution is -2.51. The number of carbonyl (C=O) groups excluding carboxylic acids is 2. The maximum atomic E-state index is 13.4. The zero-order valence-electron chi connectivity index (χ0n) is 21.4. The van der Waals surface area contributed by atoms with Gasteiger partial charge in [-0.3, -0.25) is 9.59 Å². The standard InChI is InChI=1S/C29H40N2O4/c1-4-27(29(33)30-24-13-6-5-7-14-24)31(21-23-12-9-8-11-22(23)2)28(32)15-10-20-35-26-18-16-25(34-3)17-19-26/h8-9,11-12,16-19,24,27H,4-7,10,13-15,20-21H2,1-3H3,(H,30,33)/t27-/m1/s1. The van der Waals surface area contributed by atoms with Crippen molar-refractivity contribution in [1.82, 2.24) is 10.2 Å². The molecule has 0 unspecified atom stereocenters. The Bertz CT molecular complexity index is 938. The maximum absolute atomic E-state index is 13.4. The third-order valence-electron chi connectivity index (χ3n) is 6.80. The van der Waals surface area contributed by atoms with E-state index in [0.717, 1.165) is 48.3 Å². The van der Waals surface area contributed by atoms with Gasteiger partial charge in [0.25, 0.3) is 0 Å². The molecule has 1 N–H and O–H groups in total. The summed E-state index contributed by atoms with van der Waals surface area (Å²) < 4.78 is 11.0. The normalized spacial score (nSPS) is 14.7. The number of nitrogens with one attached hydrogen (secondary N) is 1. The van der Waals surface area contributed by atoms with Crippen LogP contribution >= 0.6 is 0 Å². The van der Waals surface area contributed by atoms with E-state index >= 15 is 0 Å². The molecule has 0 aromatic heterocycles. The van der Waals surface area contributed by atoms with Crippen molar-refractivity contribution in [2.24, 2.45) is 0 Å². The third-order valence-corrected chi connectivity index (χ3v) is 6.80. The van der Waals surface area contributed by atoms with E-state index in [1.165, 1.54) is 6.42 Å². The van der Waals surface area contributed by atoms with Crippen LogP contribution in [0.1, 0.15) is 69.4 Å². The first-order valence-corrected chi connectivity index (χ1v) is 12.9. The highest BCUT2D eigenvalue weighted by Crippen LogP contribution is 2.21. The van der Waals surface area contributed by atoms with Crippen LogP contribution in [-0.4, -0.2) is 42.5 Å². The Morgan fingerprint density at radius 1 is 1.03 bits per heavy atom. The molecule has 1 saturated carbocycles. The fourth-order valence-corrected chi connectivity index (χ4v) is 4.66. The van der Waals surface area contributed by atoms with Gasteiger partial charge in [-0.25, -0.2) is 0 Å². The molecule has 0 spiro atoms. The number of methoxy groups -OCH3 is 1. The summed E-state index contributed by atoms with van der Waals surface area (Å²) in [7, 11) is 1.63. The summed E-state index contributed by atoms with van der Waals surface area (Å²) in [6.45, 7) is 4.89. The lowest BCUT2D eigenvalue weighted by atomic mass is 9.95. The number of nitrogens with zero attached hydrogens (tertiary/aromatic N) is 1. The van der Waals surface area contributed by atoms with Crippen molar-refractivity contribution in [3.63, 3.8) is 0 Å². The van der Waals surface area contributed by atoms with Gasteiger partial charge >= 0.3 is 0 Å². The van der Waals surface area contributed by atoms with E-state index in [1.54, 1.807) is 12.0 Å². The van der Waals surface area contributed by atoms with Crippen LogP contribution in [-0.2, 0) is 16.1 Å². The predicted octanol–water partition coefficient (Wildman–Crippen LogP) is 5.42. The number of ether oxygens (including phenoxy) is 2. The molecule has 2 aromatic carbocycles. The Kier molecular flexibility index (Phi) is 10.5. The molecule has 1 aliphatic carbocycles. The average Bonchev–Trinajstić information content (AvgIpc) is 2.88. The first-order chi connectivity index (χ1) is 17.0. The van der Waals surface area contributed by atoms with Gasteiger partial charge in [-0.1, -0.05) is 50.5 Å². The summed E-state index contributed by atoms with van der Waals surface area (Å²) in [6.07, 6.45) is 7.08. The van der Waals surface area contributed by atoms with Crippen molar-refractivity contribution < 1.29 is 19.1 Å². The van der Waals surface area contributed by atoms with Crippen LogP contribution in [0.25, 0.3) is 0 Å². The molecular weight excluding hydrogens is 440 g/mol. The van der Waals surface area contributed by atoms with Gasteiger partial charge in [-0.05, 0) is 68.0 Å². The smallest absolute Gasteiger partial charge is 0.243 e. The van der Waals surface area contributed by atoms with Crippen LogP contribution in [0.5, 0.6) is 11.5 Å². The third kappa shape index (κ3) is 8.01. The Morgan fingerprint density at radius 3 is 2.37 bits per heavy atom. The van der Waals surface area contributed by atoms with E-state index in [4.69, 9.17) is 9.47 Å². The SMILES string of the molecule is CC[C@H](C(=O)NC1CCCCC1)N(Cc1ccccc1C)C(=O)CCCOc1ccc(OC)cc1. The molecule has 35 heavy (non-hydrogen) atoms.